The molecule has 2 N–H and O–H groups in total. The van der Waals surface area contributed by atoms with E-state index in [0.29, 0.717) is 0 Å². The second kappa shape index (κ2) is 8.48. The smallest absolute Gasteiger partial charge is 0.0728 e. The molecule has 0 unspecified atom stereocenters. The van der Waals surface area contributed by atoms with Gasteiger partial charge in [-0.1, -0.05) is 47.5 Å². The highest BCUT2D eigenvalue weighted by molar-refractivity contribution is 7.28. The molecule has 202 valence electrons. The average Bonchev–Trinajstić information content (AvgIpc) is 3.69. The van der Waals surface area contributed by atoms with E-state index < -0.39 is 0 Å². The second-order valence-corrected chi connectivity index (χ2v) is 13.6. The molecule has 0 aliphatic carbocycles. The first-order valence-electron chi connectivity index (χ1n) is 14.2. The van der Waals surface area contributed by atoms with Gasteiger partial charge in [0.25, 0.3) is 0 Å². The van der Waals surface area contributed by atoms with Crippen molar-refractivity contribution < 1.29 is 0 Å². The van der Waals surface area contributed by atoms with Gasteiger partial charge in [-0.15, -0.1) is 22.7 Å². The Morgan fingerprint density at radius 1 is 0.476 bits per heavy atom. The molecule has 0 bridgehead atoms. The van der Waals surface area contributed by atoms with Gasteiger partial charge in [0.1, 0.15) is 0 Å². The summed E-state index contributed by atoms with van der Waals surface area (Å²) in [5, 5.41) is 5.17. The molecule has 0 spiro atoms. The monoisotopic (exact) mass is 577 g/mol. The molecule has 4 aromatic heterocycles. The van der Waals surface area contributed by atoms with Gasteiger partial charge in [0, 0.05) is 48.0 Å². The zero-order chi connectivity index (χ0) is 28.3. The van der Waals surface area contributed by atoms with Gasteiger partial charge < -0.3 is 14.9 Å². The van der Waals surface area contributed by atoms with Crippen LogP contribution in [0.15, 0.2) is 97.1 Å². The number of nitrogens with zero attached hydrogens (tertiary/aromatic N) is 2. The van der Waals surface area contributed by atoms with E-state index >= 15 is 0 Å². The number of hydrogen-bond donors (Lipinski definition) is 1. The van der Waals surface area contributed by atoms with Crippen LogP contribution in [0.4, 0.5) is 5.69 Å². The molecule has 5 aromatic carbocycles. The molecule has 0 fully saturated rings. The Hall–Kier alpha value is -4.58. The summed E-state index contributed by atoms with van der Waals surface area (Å²) >= 11 is 3.80. The topological polar surface area (TPSA) is 35.9 Å². The largest absolute Gasteiger partial charge is 0.399 e. The minimum Gasteiger partial charge on any atom is -0.399 e. The van der Waals surface area contributed by atoms with Crippen molar-refractivity contribution in [3.63, 3.8) is 0 Å². The first kappa shape index (κ1) is 24.1. The van der Waals surface area contributed by atoms with E-state index in [4.69, 9.17) is 5.73 Å². The highest BCUT2D eigenvalue weighted by atomic mass is 32.1. The molecule has 0 radical (unpaired) electrons. The third kappa shape index (κ3) is 3.26. The lowest BCUT2D eigenvalue weighted by molar-refractivity contribution is 1.18. The van der Waals surface area contributed by atoms with Crippen molar-refractivity contribution in [2.24, 2.45) is 0 Å². The van der Waals surface area contributed by atoms with Gasteiger partial charge in [0.2, 0.25) is 0 Å². The molecular formula is C37H27N3S2. The average molecular weight is 578 g/mol. The van der Waals surface area contributed by atoms with E-state index in [1.807, 2.05) is 28.7 Å². The van der Waals surface area contributed by atoms with Gasteiger partial charge >= 0.3 is 0 Å². The van der Waals surface area contributed by atoms with Crippen LogP contribution in [-0.4, -0.2) is 9.13 Å². The van der Waals surface area contributed by atoms with Crippen LogP contribution in [0.25, 0.3) is 73.8 Å². The van der Waals surface area contributed by atoms with E-state index in [0.717, 1.165) is 16.9 Å². The first-order valence-corrected chi connectivity index (χ1v) is 15.9. The summed E-state index contributed by atoms with van der Waals surface area (Å²) < 4.78 is 10.2. The highest BCUT2D eigenvalue weighted by Gasteiger charge is 2.22. The molecule has 0 aliphatic heterocycles. The third-order valence-corrected chi connectivity index (χ3v) is 11.0. The first-order chi connectivity index (χ1) is 20.4. The Bertz CT molecular complexity index is 2360. The fourth-order valence-corrected chi connectivity index (χ4v) is 9.06. The van der Waals surface area contributed by atoms with Crippen LogP contribution in [0, 0.1) is 20.8 Å². The Labute approximate surface area is 250 Å². The van der Waals surface area contributed by atoms with Crippen LogP contribution in [-0.2, 0) is 0 Å². The summed E-state index contributed by atoms with van der Waals surface area (Å²) in [6.45, 7) is 6.47. The van der Waals surface area contributed by atoms with Crippen molar-refractivity contribution in [3.05, 3.63) is 114 Å². The summed E-state index contributed by atoms with van der Waals surface area (Å²) in [4.78, 5) is 0. The molecule has 4 heterocycles. The number of thiophene rings is 2. The number of rotatable bonds is 2. The predicted octanol–water partition coefficient (Wildman–Crippen LogP) is 10.8. The molecule has 5 heteroatoms. The number of aryl methyl sites for hydroxylation is 3. The predicted molar refractivity (Wildman–Crippen MR) is 185 cm³/mol. The summed E-state index contributed by atoms with van der Waals surface area (Å²) in [5.74, 6) is 0. The number of fused-ring (bicyclic) bond motifs is 10. The van der Waals surface area contributed by atoms with Gasteiger partial charge in [-0.05, 0) is 87.0 Å². The van der Waals surface area contributed by atoms with Gasteiger partial charge in [-0.25, -0.2) is 0 Å². The fraction of sp³-hybridized carbons (Fsp3) is 0.0811. The maximum absolute atomic E-state index is 6.32. The Kier molecular flexibility index (Phi) is 4.86. The molecule has 0 atom stereocenters. The quantitative estimate of drug-likeness (QED) is 0.204. The number of aromatic nitrogens is 2. The lowest BCUT2D eigenvalue weighted by Gasteiger charge is -2.10. The molecule has 3 nitrogen and oxygen atoms in total. The molecule has 0 saturated heterocycles. The van der Waals surface area contributed by atoms with Crippen LogP contribution in [0.1, 0.15) is 16.7 Å². The third-order valence-electron chi connectivity index (χ3n) is 8.62. The fourth-order valence-electron chi connectivity index (χ4n) is 6.58. The van der Waals surface area contributed by atoms with E-state index in [1.54, 1.807) is 0 Å². The van der Waals surface area contributed by atoms with Crippen molar-refractivity contribution >= 4 is 90.8 Å². The highest BCUT2D eigenvalue weighted by Crippen LogP contribution is 2.48. The zero-order valence-corrected chi connectivity index (χ0v) is 25.2. The van der Waals surface area contributed by atoms with E-state index in [1.165, 1.54) is 79.3 Å². The van der Waals surface area contributed by atoms with E-state index in [-0.39, 0.29) is 0 Å². The molecule has 0 amide bonds. The number of nitrogen functional groups attached to an aromatic ring is 1. The Balaban J connectivity index is 1.42. The van der Waals surface area contributed by atoms with Gasteiger partial charge in [-0.2, -0.15) is 0 Å². The summed E-state index contributed by atoms with van der Waals surface area (Å²) in [5.41, 5.74) is 18.3. The van der Waals surface area contributed by atoms with Crippen LogP contribution in [0.3, 0.4) is 0 Å². The summed E-state index contributed by atoms with van der Waals surface area (Å²) in [6, 6.07) is 35.8. The number of hydrogen-bond acceptors (Lipinski definition) is 3. The van der Waals surface area contributed by atoms with Crippen molar-refractivity contribution in [3.8, 4) is 11.4 Å². The van der Waals surface area contributed by atoms with Crippen LogP contribution in [0.5, 0.6) is 0 Å². The van der Waals surface area contributed by atoms with Crippen molar-refractivity contribution in [1.82, 2.24) is 9.13 Å². The molecule has 0 aliphatic rings. The lowest BCUT2D eigenvalue weighted by atomic mass is 10.1. The SMILES string of the molecule is Cc1ccc(-n2c3cc(C)ccc3c3sc4cc5c(cc4c32)sc2c3ccc(N)cc3n(-c3ccc(C)cc3)c52)cc1. The van der Waals surface area contributed by atoms with Gasteiger partial charge in [0.05, 0.1) is 31.5 Å². The molecule has 9 rings (SSSR count). The minimum atomic E-state index is 0.785. The van der Waals surface area contributed by atoms with E-state index in [2.05, 4.69) is 121 Å². The van der Waals surface area contributed by atoms with Crippen molar-refractivity contribution in [1.29, 1.82) is 0 Å². The van der Waals surface area contributed by atoms with Crippen LogP contribution >= 0.6 is 22.7 Å². The molecule has 9 aromatic rings. The number of nitrogens with two attached hydrogens (primary N) is 1. The van der Waals surface area contributed by atoms with Gasteiger partial charge in [-0.3, -0.25) is 0 Å². The zero-order valence-electron chi connectivity index (χ0n) is 23.5. The number of benzene rings is 5. The summed E-state index contributed by atoms with van der Waals surface area (Å²) in [7, 11) is 0. The molecular weight excluding hydrogens is 551 g/mol. The van der Waals surface area contributed by atoms with Crippen LogP contribution in [0.2, 0.25) is 0 Å². The molecule has 0 saturated carbocycles. The second-order valence-electron chi connectivity index (χ2n) is 11.5. The van der Waals surface area contributed by atoms with Gasteiger partial charge in [0.15, 0.2) is 0 Å². The minimum absolute atomic E-state index is 0.785. The normalized spacial score (nSPS) is 12.3. The number of anilines is 1. The van der Waals surface area contributed by atoms with Crippen LogP contribution < -0.4 is 5.73 Å². The maximum atomic E-state index is 6.32. The Morgan fingerprint density at radius 2 is 0.929 bits per heavy atom. The van der Waals surface area contributed by atoms with Crippen molar-refractivity contribution in [2.45, 2.75) is 20.8 Å². The van der Waals surface area contributed by atoms with Crippen molar-refractivity contribution in [2.75, 3.05) is 5.73 Å². The lowest BCUT2D eigenvalue weighted by Crippen LogP contribution is -1.95. The molecule has 42 heavy (non-hydrogen) atoms. The summed E-state index contributed by atoms with van der Waals surface area (Å²) in [6.07, 6.45) is 0. The standard InChI is InChI=1S/C37H27N3S2/c1-20-4-10-24(11-5-20)39-30-16-22(3)8-14-26(30)36-34(39)28-18-33-29(19-32(28)41-36)35-37(42-33)27-15-9-23(38)17-31(27)40(35)25-12-6-21(2)7-13-25/h4-19H,38H2,1-3H3. The van der Waals surface area contributed by atoms with E-state index in [9.17, 15) is 0 Å². The maximum Gasteiger partial charge on any atom is 0.0728 e. The Morgan fingerprint density at radius 3 is 1.45 bits per heavy atom.